The molecule has 112 valence electrons. The third kappa shape index (κ3) is 5.53. The molecule has 0 aliphatic rings. The molecule has 19 heavy (non-hydrogen) atoms. The minimum atomic E-state index is -3.76. The fraction of sp³-hybridized carbons (Fsp3) is 0.800. The smallest absolute Gasteiger partial charge is 0.306 e. The molecule has 0 N–H and O–H groups in total. The summed E-state index contributed by atoms with van der Waals surface area (Å²) < 4.78 is 30.4. The molecule has 0 saturated heterocycles. The number of ether oxygens (including phenoxy) is 1. The summed E-state index contributed by atoms with van der Waals surface area (Å²) in [6.07, 6.45) is -0.0400. The molecule has 0 heterocycles. The molecule has 0 spiro atoms. The van der Waals surface area contributed by atoms with Crippen LogP contribution in [0.15, 0.2) is 0 Å². The highest BCUT2D eigenvalue weighted by molar-refractivity contribution is 7.86. The maximum absolute atomic E-state index is 12.0. The lowest BCUT2D eigenvalue weighted by molar-refractivity contribution is -0.140. The van der Waals surface area contributed by atoms with Crippen LogP contribution in [0.4, 0.5) is 0 Å². The minimum Gasteiger partial charge on any atom is -0.469 e. The van der Waals surface area contributed by atoms with Crippen LogP contribution in [0.2, 0.25) is 0 Å². The Hall–Kier alpha value is -1.19. The lowest BCUT2D eigenvalue weighted by Crippen LogP contribution is -2.44. The Morgan fingerprint density at radius 2 is 1.58 bits per heavy atom. The van der Waals surface area contributed by atoms with Gasteiger partial charge in [0.2, 0.25) is 5.91 Å². The van der Waals surface area contributed by atoms with E-state index >= 15 is 0 Å². The Morgan fingerprint density at radius 3 is 2.00 bits per heavy atom. The summed E-state index contributed by atoms with van der Waals surface area (Å²) in [5, 5.41) is 0. The molecule has 0 aliphatic carbocycles. The molecule has 0 aromatic heterocycles. The average Bonchev–Trinajstić information content (AvgIpc) is 2.34. The van der Waals surface area contributed by atoms with E-state index in [4.69, 9.17) is 0 Å². The Bertz CT molecular complexity index is 421. The molecule has 9 heteroatoms. The van der Waals surface area contributed by atoms with E-state index in [-0.39, 0.29) is 25.4 Å². The van der Waals surface area contributed by atoms with Crippen molar-refractivity contribution in [1.29, 1.82) is 0 Å². The zero-order chi connectivity index (χ0) is 15.2. The summed E-state index contributed by atoms with van der Waals surface area (Å²) in [6, 6.07) is 0. The second-order valence-electron chi connectivity index (χ2n) is 4.20. The maximum atomic E-state index is 12.0. The highest BCUT2D eigenvalue weighted by Gasteiger charge is 2.26. The zero-order valence-electron chi connectivity index (χ0n) is 11.9. The SMILES string of the molecule is COC(=O)CCN(C)S(=O)(=O)N(C)CC(=O)N(C)C. The van der Waals surface area contributed by atoms with E-state index in [0.717, 1.165) is 8.61 Å². The Kier molecular flexibility index (Phi) is 6.95. The Labute approximate surface area is 114 Å². The largest absolute Gasteiger partial charge is 0.469 e. The van der Waals surface area contributed by atoms with Crippen molar-refractivity contribution in [3.05, 3.63) is 0 Å². The van der Waals surface area contributed by atoms with Gasteiger partial charge in [0.05, 0.1) is 20.1 Å². The van der Waals surface area contributed by atoms with Gasteiger partial charge in [-0.1, -0.05) is 0 Å². The number of amides is 1. The Morgan fingerprint density at radius 1 is 1.05 bits per heavy atom. The number of nitrogens with zero attached hydrogens (tertiary/aromatic N) is 3. The second-order valence-corrected chi connectivity index (χ2v) is 6.34. The van der Waals surface area contributed by atoms with E-state index in [1.807, 2.05) is 0 Å². The van der Waals surface area contributed by atoms with Crippen molar-refractivity contribution in [2.75, 3.05) is 48.4 Å². The first-order valence-corrected chi connectivity index (χ1v) is 6.97. The van der Waals surface area contributed by atoms with Crippen LogP contribution >= 0.6 is 0 Å². The van der Waals surface area contributed by atoms with E-state index in [9.17, 15) is 18.0 Å². The zero-order valence-corrected chi connectivity index (χ0v) is 12.7. The van der Waals surface area contributed by atoms with Crippen molar-refractivity contribution in [3.8, 4) is 0 Å². The first-order chi connectivity index (χ1) is 8.62. The van der Waals surface area contributed by atoms with E-state index < -0.39 is 16.2 Å². The van der Waals surface area contributed by atoms with Gasteiger partial charge in [-0.25, -0.2) is 0 Å². The molecule has 1 amide bonds. The highest BCUT2D eigenvalue weighted by Crippen LogP contribution is 2.05. The van der Waals surface area contributed by atoms with Crippen molar-refractivity contribution >= 4 is 22.1 Å². The third-order valence-electron chi connectivity index (χ3n) is 2.50. The first-order valence-electron chi connectivity index (χ1n) is 5.57. The van der Waals surface area contributed by atoms with Crippen molar-refractivity contribution < 1.29 is 22.7 Å². The molecule has 0 aliphatic heterocycles. The highest BCUT2D eigenvalue weighted by atomic mass is 32.2. The predicted octanol–water partition coefficient (Wildman–Crippen LogP) is -1.25. The molecule has 8 nitrogen and oxygen atoms in total. The standard InChI is InChI=1S/C10H21N3O5S/c1-11(2)9(14)8-13(4)19(16,17)12(3)7-6-10(15)18-5/h6-8H2,1-5H3. The number of likely N-dealkylation sites (N-methyl/N-ethyl adjacent to an activating group) is 2. The summed E-state index contributed by atoms with van der Waals surface area (Å²) in [6.45, 7) is -0.257. The third-order valence-corrected chi connectivity index (χ3v) is 4.39. The number of carbonyl (C=O) groups excluding carboxylic acids is 2. The summed E-state index contributed by atoms with van der Waals surface area (Å²) in [7, 11) is 3.22. The van der Waals surface area contributed by atoms with Gasteiger partial charge in [-0.15, -0.1) is 0 Å². The van der Waals surface area contributed by atoms with Crippen LogP contribution in [0.25, 0.3) is 0 Å². The minimum absolute atomic E-state index is 0.00446. The molecule has 0 aromatic carbocycles. The quantitative estimate of drug-likeness (QED) is 0.547. The molecule has 0 aromatic rings. The fourth-order valence-electron chi connectivity index (χ4n) is 1.12. The monoisotopic (exact) mass is 295 g/mol. The number of hydrogen-bond acceptors (Lipinski definition) is 5. The Balaban J connectivity index is 4.59. The van der Waals surface area contributed by atoms with Crippen LogP contribution in [-0.2, 0) is 24.5 Å². The average molecular weight is 295 g/mol. The lowest BCUT2D eigenvalue weighted by atomic mass is 10.4. The number of hydrogen-bond donors (Lipinski definition) is 0. The van der Waals surface area contributed by atoms with Gasteiger partial charge in [-0.2, -0.15) is 17.0 Å². The van der Waals surface area contributed by atoms with Crippen LogP contribution in [-0.4, -0.2) is 82.2 Å². The normalized spacial score (nSPS) is 11.7. The molecule has 0 atom stereocenters. The number of esters is 1. The second kappa shape index (κ2) is 7.41. The molecule has 0 saturated carbocycles. The van der Waals surface area contributed by atoms with Crippen LogP contribution in [0.5, 0.6) is 0 Å². The van der Waals surface area contributed by atoms with Gasteiger partial charge in [0.25, 0.3) is 10.2 Å². The van der Waals surface area contributed by atoms with Gasteiger partial charge < -0.3 is 9.64 Å². The van der Waals surface area contributed by atoms with Crippen LogP contribution in [0.3, 0.4) is 0 Å². The van der Waals surface area contributed by atoms with Crippen LogP contribution in [0.1, 0.15) is 6.42 Å². The lowest BCUT2D eigenvalue weighted by Gasteiger charge is -2.24. The van der Waals surface area contributed by atoms with Crippen LogP contribution < -0.4 is 0 Å². The molecular weight excluding hydrogens is 274 g/mol. The number of methoxy groups -OCH3 is 1. The van der Waals surface area contributed by atoms with Crippen molar-refractivity contribution in [1.82, 2.24) is 13.5 Å². The fourth-order valence-corrected chi connectivity index (χ4v) is 2.19. The molecule has 0 unspecified atom stereocenters. The maximum Gasteiger partial charge on any atom is 0.306 e. The van der Waals surface area contributed by atoms with E-state index in [2.05, 4.69) is 4.74 Å². The van der Waals surface area contributed by atoms with Gasteiger partial charge in [0.15, 0.2) is 0 Å². The number of carbonyl (C=O) groups is 2. The molecule has 0 bridgehead atoms. The molecule has 0 rings (SSSR count). The van der Waals surface area contributed by atoms with E-state index in [1.165, 1.54) is 26.1 Å². The van der Waals surface area contributed by atoms with E-state index in [0.29, 0.717) is 0 Å². The molecule has 0 radical (unpaired) electrons. The van der Waals surface area contributed by atoms with Gasteiger partial charge in [-0.3, -0.25) is 9.59 Å². The topological polar surface area (TPSA) is 87.2 Å². The van der Waals surface area contributed by atoms with Gasteiger partial charge in [0, 0.05) is 34.7 Å². The van der Waals surface area contributed by atoms with Gasteiger partial charge in [-0.05, 0) is 0 Å². The van der Waals surface area contributed by atoms with Crippen LogP contribution in [0, 0.1) is 0 Å². The van der Waals surface area contributed by atoms with Crippen molar-refractivity contribution in [2.24, 2.45) is 0 Å². The summed E-state index contributed by atoms with van der Waals surface area (Å²) in [4.78, 5) is 23.7. The van der Waals surface area contributed by atoms with Crippen molar-refractivity contribution in [3.63, 3.8) is 0 Å². The number of rotatable bonds is 7. The summed E-state index contributed by atoms with van der Waals surface area (Å²) in [5.41, 5.74) is 0. The summed E-state index contributed by atoms with van der Waals surface area (Å²) in [5.74, 6) is -0.818. The van der Waals surface area contributed by atoms with Gasteiger partial charge in [0.1, 0.15) is 0 Å². The molecular formula is C10H21N3O5S. The van der Waals surface area contributed by atoms with Gasteiger partial charge >= 0.3 is 5.97 Å². The molecule has 0 fully saturated rings. The first kappa shape index (κ1) is 17.8. The van der Waals surface area contributed by atoms with Crippen molar-refractivity contribution in [2.45, 2.75) is 6.42 Å². The van der Waals surface area contributed by atoms with E-state index in [1.54, 1.807) is 14.1 Å². The predicted molar refractivity (Wildman–Crippen MR) is 69.5 cm³/mol. The summed E-state index contributed by atoms with van der Waals surface area (Å²) >= 11 is 0.